The molecule has 100 valence electrons. The summed E-state index contributed by atoms with van der Waals surface area (Å²) in [5.41, 5.74) is 2.28. The molecule has 0 saturated carbocycles. The molecule has 1 unspecified atom stereocenters. The van der Waals surface area contributed by atoms with Crippen molar-refractivity contribution in [2.45, 2.75) is 13.0 Å². The van der Waals surface area contributed by atoms with E-state index in [0.717, 1.165) is 18.0 Å². The highest BCUT2D eigenvalue weighted by molar-refractivity contribution is 7.19. The van der Waals surface area contributed by atoms with Crippen LogP contribution in [0.1, 0.15) is 16.5 Å². The zero-order valence-corrected chi connectivity index (χ0v) is 12.0. The molecule has 0 amide bonds. The molecule has 0 saturated heterocycles. The highest BCUT2D eigenvalue weighted by Gasteiger charge is 2.23. The topological polar surface area (TPSA) is 21.3 Å². The highest BCUT2D eigenvalue weighted by atomic mass is 32.1. The van der Waals surface area contributed by atoms with E-state index in [2.05, 4.69) is 60.8 Å². The van der Waals surface area contributed by atoms with Gasteiger partial charge in [-0.25, -0.2) is 0 Å². The fourth-order valence-corrected chi connectivity index (χ4v) is 3.75. The van der Waals surface area contributed by atoms with Gasteiger partial charge in [0, 0.05) is 9.58 Å². The van der Waals surface area contributed by atoms with Crippen molar-refractivity contribution in [2.24, 2.45) is 0 Å². The Bertz CT molecular complexity index is 745. The number of benzene rings is 2. The second-order valence-electron chi connectivity index (χ2n) is 5.13. The number of fused-ring (bicyclic) bond motifs is 2. The summed E-state index contributed by atoms with van der Waals surface area (Å²) in [5.74, 6) is 0.987. The first kappa shape index (κ1) is 11.8. The Labute approximate surface area is 122 Å². The Hall–Kier alpha value is -2.00. The molecule has 1 aliphatic heterocycles. The number of anilines is 1. The van der Waals surface area contributed by atoms with E-state index in [9.17, 15) is 0 Å². The van der Waals surface area contributed by atoms with Gasteiger partial charge in [0.1, 0.15) is 5.75 Å². The Morgan fingerprint density at radius 1 is 1.15 bits per heavy atom. The van der Waals surface area contributed by atoms with Gasteiger partial charge >= 0.3 is 0 Å². The third-order valence-corrected chi connectivity index (χ3v) is 4.92. The van der Waals surface area contributed by atoms with Crippen LogP contribution in [0.2, 0.25) is 0 Å². The normalized spacial score (nSPS) is 17.4. The largest absolute Gasteiger partial charge is 0.481 e. The van der Waals surface area contributed by atoms with Crippen molar-refractivity contribution in [1.82, 2.24) is 0 Å². The summed E-state index contributed by atoms with van der Waals surface area (Å²) in [6, 6.07) is 17.0. The molecule has 0 radical (unpaired) electrons. The fraction of sp³-hybridized carbons (Fsp3) is 0.176. The predicted molar refractivity (Wildman–Crippen MR) is 84.9 cm³/mol. The van der Waals surface area contributed by atoms with Crippen LogP contribution in [-0.2, 0) is 0 Å². The molecular weight excluding hydrogens is 266 g/mol. The molecule has 1 atom stereocenters. The van der Waals surface area contributed by atoms with Crippen molar-refractivity contribution in [2.75, 3.05) is 11.9 Å². The van der Waals surface area contributed by atoms with Crippen LogP contribution in [-0.4, -0.2) is 6.54 Å². The van der Waals surface area contributed by atoms with Crippen LogP contribution in [0.25, 0.3) is 10.1 Å². The molecule has 1 N–H and O–H groups in total. The Morgan fingerprint density at radius 2 is 2.05 bits per heavy atom. The Kier molecular flexibility index (Phi) is 2.67. The van der Waals surface area contributed by atoms with Crippen molar-refractivity contribution in [3.8, 4) is 5.75 Å². The van der Waals surface area contributed by atoms with E-state index in [1.54, 1.807) is 0 Å². The third-order valence-electron chi connectivity index (χ3n) is 3.71. The van der Waals surface area contributed by atoms with Gasteiger partial charge in [-0.3, -0.25) is 0 Å². The quantitative estimate of drug-likeness (QED) is 0.694. The van der Waals surface area contributed by atoms with Gasteiger partial charge in [0.05, 0.1) is 12.2 Å². The van der Waals surface area contributed by atoms with E-state index >= 15 is 0 Å². The first-order chi connectivity index (χ1) is 9.81. The minimum Gasteiger partial charge on any atom is -0.481 e. The molecule has 1 aliphatic rings. The van der Waals surface area contributed by atoms with Gasteiger partial charge in [-0.15, -0.1) is 11.3 Å². The monoisotopic (exact) mass is 281 g/mol. The molecule has 0 spiro atoms. The number of ether oxygens (including phenoxy) is 1. The smallest absolute Gasteiger partial charge is 0.150 e. The lowest BCUT2D eigenvalue weighted by Gasteiger charge is -2.27. The lowest BCUT2D eigenvalue weighted by atomic mass is 10.1. The zero-order chi connectivity index (χ0) is 13.5. The van der Waals surface area contributed by atoms with Crippen molar-refractivity contribution < 1.29 is 4.74 Å². The molecule has 2 heterocycles. The molecule has 4 rings (SSSR count). The van der Waals surface area contributed by atoms with Gasteiger partial charge < -0.3 is 10.1 Å². The number of hydrogen-bond donors (Lipinski definition) is 1. The number of rotatable bonds is 1. The van der Waals surface area contributed by atoms with E-state index in [4.69, 9.17) is 4.74 Å². The van der Waals surface area contributed by atoms with Crippen LogP contribution in [0.3, 0.4) is 0 Å². The summed E-state index contributed by atoms with van der Waals surface area (Å²) in [5, 5.41) is 4.78. The first-order valence-corrected chi connectivity index (χ1v) is 7.61. The zero-order valence-electron chi connectivity index (χ0n) is 11.2. The number of para-hydroxylation sites is 1. The van der Waals surface area contributed by atoms with Crippen LogP contribution in [0.15, 0.2) is 48.5 Å². The summed E-state index contributed by atoms with van der Waals surface area (Å²) < 4.78 is 7.55. The molecular formula is C17H15NOS. The van der Waals surface area contributed by atoms with Gasteiger partial charge in [0.15, 0.2) is 6.10 Å². The first-order valence-electron chi connectivity index (χ1n) is 6.80. The minimum atomic E-state index is 0.0981. The lowest BCUT2D eigenvalue weighted by Crippen LogP contribution is -2.23. The molecule has 1 aromatic heterocycles. The molecule has 2 aromatic carbocycles. The third kappa shape index (κ3) is 1.86. The van der Waals surface area contributed by atoms with Gasteiger partial charge in [-0.1, -0.05) is 30.3 Å². The number of nitrogens with one attached hydrogen (secondary N) is 1. The molecule has 20 heavy (non-hydrogen) atoms. The summed E-state index contributed by atoms with van der Waals surface area (Å²) in [4.78, 5) is 1.28. The van der Waals surface area contributed by atoms with Crippen molar-refractivity contribution >= 4 is 27.1 Å². The molecule has 0 bridgehead atoms. The molecule has 3 aromatic rings. The maximum absolute atomic E-state index is 6.23. The molecule has 2 nitrogen and oxygen atoms in total. The Balaban J connectivity index is 1.72. The lowest BCUT2D eigenvalue weighted by molar-refractivity contribution is 0.213. The number of thiophene rings is 1. The summed E-state index contributed by atoms with van der Waals surface area (Å²) in [6.45, 7) is 2.91. The number of aryl methyl sites for hydroxylation is 1. The van der Waals surface area contributed by atoms with E-state index in [-0.39, 0.29) is 6.10 Å². The summed E-state index contributed by atoms with van der Waals surface area (Å²) in [6.07, 6.45) is 0.0981. The predicted octanol–water partition coefficient (Wildman–Crippen LogP) is 4.76. The standard InChI is InChI=1S/C17H15NOS/c1-11-5-4-7-13-17(11)19-14(10-18-13)16-9-12-6-2-3-8-15(12)20-16/h2-9,14,18H,10H2,1H3. The van der Waals surface area contributed by atoms with E-state index in [1.165, 1.54) is 20.5 Å². The van der Waals surface area contributed by atoms with Gasteiger partial charge in [-0.2, -0.15) is 0 Å². The maximum atomic E-state index is 6.23. The SMILES string of the molecule is Cc1cccc2c1OC(c1cc3ccccc3s1)CN2. The summed E-state index contributed by atoms with van der Waals surface area (Å²) >= 11 is 1.82. The van der Waals surface area contributed by atoms with Crippen LogP contribution < -0.4 is 10.1 Å². The Morgan fingerprint density at radius 3 is 2.95 bits per heavy atom. The van der Waals surface area contributed by atoms with E-state index < -0.39 is 0 Å². The van der Waals surface area contributed by atoms with Crippen molar-refractivity contribution in [1.29, 1.82) is 0 Å². The van der Waals surface area contributed by atoms with Gasteiger partial charge in [-0.05, 0) is 36.1 Å². The molecule has 3 heteroatoms. The minimum absolute atomic E-state index is 0.0981. The fourth-order valence-electron chi connectivity index (χ4n) is 2.65. The average molecular weight is 281 g/mol. The van der Waals surface area contributed by atoms with Gasteiger partial charge in [0.2, 0.25) is 0 Å². The van der Waals surface area contributed by atoms with Crippen molar-refractivity contribution in [3.63, 3.8) is 0 Å². The number of hydrogen-bond acceptors (Lipinski definition) is 3. The van der Waals surface area contributed by atoms with Gasteiger partial charge in [0.25, 0.3) is 0 Å². The highest BCUT2D eigenvalue weighted by Crippen LogP contribution is 2.39. The van der Waals surface area contributed by atoms with E-state index in [1.807, 2.05) is 11.3 Å². The van der Waals surface area contributed by atoms with Crippen molar-refractivity contribution in [3.05, 3.63) is 59.0 Å². The van der Waals surface area contributed by atoms with Crippen LogP contribution >= 0.6 is 11.3 Å². The summed E-state index contributed by atoms with van der Waals surface area (Å²) in [7, 11) is 0. The second kappa shape index (κ2) is 4.53. The average Bonchev–Trinajstić information content (AvgIpc) is 2.91. The van der Waals surface area contributed by atoms with Crippen LogP contribution in [0.4, 0.5) is 5.69 Å². The molecule has 0 fully saturated rings. The second-order valence-corrected chi connectivity index (χ2v) is 6.24. The van der Waals surface area contributed by atoms with Crippen LogP contribution in [0.5, 0.6) is 5.75 Å². The maximum Gasteiger partial charge on any atom is 0.150 e. The van der Waals surface area contributed by atoms with E-state index in [0.29, 0.717) is 0 Å². The molecule has 0 aliphatic carbocycles. The van der Waals surface area contributed by atoms with Crippen LogP contribution in [0, 0.1) is 6.92 Å².